The Bertz CT molecular complexity index is 536. The Morgan fingerprint density at radius 2 is 2.32 bits per heavy atom. The summed E-state index contributed by atoms with van der Waals surface area (Å²) in [6.45, 7) is 1.17. The highest BCUT2D eigenvalue weighted by Crippen LogP contribution is 2.23. The van der Waals surface area contributed by atoms with Gasteiger partial charge in [-0.3, -0.25) is 9.59 Å². The number of ether oxygens (including phenoxy) is 2. The molecule has 1 aliphatic rings. The first-order valence-electron chi connectivity index (χ1n) is 6.96. The topological polar surface area (TPSA) is 76.1 Å². The van der Waals surface area contributed by atoms with Gasteiger partial charge in [0.05, 0.1) is 38.5 Å². The molecule has 120 valence electrons. The third-order valence-electron chi connectivity index (χ3n) is 3.36. The highest BCUT2D eigenvalue weighted by Gasteiger charge is 2.28. The summed E-state index contributed by atoms with van der Waals surface area (Å²) in [5.74, 6) is 0.0206. The van der Waals surface area contributed by atoms with Gasteiger partial charge in [-0.05, 0) is 18.2 Å². The molecule has 2 rings (SSSR count). The standard InChI is InChI=1S/C15H19NO5S/c1-20-12-3-2-4-13(8-12)22-10-14(17)16-5-6-21-9-11(16)7-15(18)19/h2-4,8,11H,5-7,9-10H2,1H3,(H,18,19). The van der Waals surface area contributed by atoms with Crippen molar-refractivity contribution in [2.24, 2.45) is 0 Å². The fraction of sp³-hybridized carbons (Fsp3) is 0.467. The van der Waals surface area contributed by atoms with E-state index in [1.54, 1.807) is 12.0 Å². The molecule has 0 bridgehead atoms. The number of carbonyl (C=O) groups is 2. The zero-order valence-corrected chi connectivity index (χ0v) is 13.2. The van der Waals surface area contributed by atoms with E-state index in [2.05, 4.69) is 0 Å². The normalized spacial score (nSPS) is 18.0. The SMILES string of the molecule is COc1cccc(SCC(=O)N2CCOCC2CC(=O)O)c1. The van der Waals surface area contributed by atoms with Crippen LogP contribution in [-0.2, 0) is 14.3 Å². The first kappa shape index (κ1) is 16.6. The minimum atomic E-state index is -0.922. The number of hydrogen-bond acceptors (Lipinski definition) is 5. The summed E-state index contributed by atoms with van der Waals surface area (Å²) < 4.78 is 10.4. The number of aliphatic carboxylic acids is 1. The van der Waals surface area contributed by atoms with Gasteiger partial charge >= 0.3 is 5.97 Å². The van der Waals surface area contributed by atoms with Gasteiger partial charge in [0.1, 0.15) is 5.75 Å². The average Bonchev–Trinajstić information content (AvgIpc) is 2.53. The van der Waals surface area contributed by atoms with Gasteiger partial charge in [-0.15, -0.1) is 11.8 Å². The molecular formula is C15H19NO5S. The third-order valence-corrected chi connectivity index (χ3v) is 4.34. The van der Waals surface area contributed by atoms with Crippen LogP contribution < -0.4 is 4.74 Å². The van der Waals surface area contributed by atoms with E-state index in [0.29, 0.717) is 13.2 Å². The van der Waals surface area contributed by atoms with Gasteiger partial charge in [0, 0.05) is 11.4 Å². The van der Waals surface area contributed by atoms with Crippen molar-refractivity contribution in [3.63, 3.8) is 0 Å². The zero-order chi connectivity index (χ0) is 15.9. The summed E-state index contributed by atoms with van der Waals surface area (Å²) in [5.41, 5.74) is 0. The quantitative estimate of drug-likeness (QED) is 0.799. The number of carboxylic acid groups (broad SMARTS) is 1. The molecule has 22 heavy (non-hydrogen) atoms. The second kappa shape index (κ2) is 8.05. The maximum Gasteiger partial charge on any atom is 0.305 e. The molecular weight excluding hydrogens is 306 g/mol. The maximum absolute atomic E-state index is 12.3. The molecule has 1 atom stereocenters. The van der Waals surface area contributed by atoms with Crippen molar-refractivity contribution in [1.82, 2.24) is 4.90 Å². The minimum Gasteiger partial charge on any atom is -0.497 e. The van der Waals surface area contributed by atoms with Crippen LogP contribution in [-0.4, -0.2) is 60.5 Å². The van der Waals surface area contributed by atoms with Crippen molar-refractivity contribution in [2.75, 3.05) is 32.6 Å². The van der Waals surface area contributed by atoms with Gasteiger partial charge in [0.25, 0.3) is 0 Å². The number of hydrogen-bond donors (Lipinski definition) is 1. The minimum absolute atomic E-state index is 0.0673. The van der Waals surface area contributed by atoms with Crippen LogP contribution in [0.5, 0.6) is 5.75 Å². The van der Waals surface area contributed by atoms with Gasteiger partial charge in [0.15, 0.2) is 0 Å². The molecule has 0 spiro atoms. The Morgan fingerprint density at radius 3 is 3.05 bits per heavy atom. The lowest BCUT2D eigenvalue weighted by Crippen LogP contribution is -2.50. The van der Waals surface area contributed by atoms with E-state index < -0.39 is 5.97 Å². The van der Waals surface area contributed by atoms with Crippen LogP contribution >= 0.6 is 11.8 Å². The summed E-state index contributed by atoms with van der Waals surface area (Å²) in [4.78, 5) is 25.8. The first-order chi connectivity index (χ1) is 10.6. The van der Waals surface area contributed by atoms with Crippen molar-refractivity contribution in [3.05, 3.63) is 24.3 Å². The van der Waals surface area contributed by atoms with E-state index in [0.717, 1.165) is 10.6 Å². The summed E-state index contributed by atoms with van der Waals surface area (Å²) >= 11 is 1.41. The lowest BCUT2D eigenvalue weighted by atomic mass is 10.1. The molecule has 1 unspecified atom stereocenters. The van der Waals surface area contributed by atoms with Crippen LogP contribution in [0.2, 0.25) is 0 Å². The van der Waals surface area contributed by atoms with Crippen molar-refractivity contribution in [1.29, 1.82) is 0 Å². The fourth-order valence-corrected chi connectivity index (χ4v) is 3.10. The monoisotopic (exact) mass is 325 g/mol. The van der Waals surface area contributed by atoms with Crippen LogP contribution in [0.1, 0.15) is 6.42 Å². The van der Waals surface area contributed by atoms with E-state index in [1.165, 1.54) is 11.8 Å². The second-order valence-electron chi connectivity index (χ2n) is 4.88. The van der Waals surface area contributed by atoms with Crippen LogP contribution in [0, 0.1) is 0 Å². The Morgan fingerprint density at radius 1 is 1.50 bits per heavy atom. The molecule has 1 aromatic carbocycles. The van der Waals surface area contributed by atoms with E-state index >= 15 is 0 Å². The summed E-state index contributed by atoms with van der Waals surface area (Å²) in [6, 6.07) is 7.11. The molecule has 1 saturated heterocycles. The molecule has 1 aliphatic heterocycles. The van der Waals surface area contributed by atoms with Crippen LogP contribution in [0.15, 0.2) is 29.2 Å². The molecule has 6 nitrogen and oxygen atoms in total. The Kier molecular flexibility index (Phi) is 6.09. The van der Waals surface area contributed by atoms with Crippen molar-refractivity contribution in [3.8, 4) is 5.75 Å². The summed E-state index contributed by atoms with van der Waals surface area (Å²) in [7, 11) is 1.60. The second-order valence-corrected chi connectivity index (χ2v) is 5.93. The number of carbonyl (C=O) groups excluding carboxylic acids is 1. The van der Waals surface area contributed by atoms with Gasteiger partial charge in [-0.25, -0.2) is 0 Å². The predicted molar refractivity (Wildman–Crippen MR) is 82.3 cm³/mol. The van der Waals surface area contributed by atoms with Crippen LogP contribution in [0.3, 0.4) is 0 Å². The number of benzene rings is 1. The number of nitrogens with zero attached hydrogens (tertiary/aromatic N) is 1. The van der Waals surface area contributed by atoms with E-state index in [4.69, 9.17) is 14.6 Å². The molecule has 0 aromatic heterocycles. The zero-order valence-electron chi connectivity index (χ0n) is 12.4. The number of amides is 1. The summed E-state index contributed by atoms with van der Waals surface area (Å²) in [6.07, 6.45) is -0.0877. The van der Waals surface area contributed by atoms with E-state index in [9.17, 15) is 9.59 Å². The van der Waals surface area contributed by atoms with Crippen LogP contribution in [0.25, 0.3) is 0 Å². The lowest BCUT2D eigenvalue weighted by Gasteiger charge is -2.34. The van der Waals surface area contributed by atoms with Gasteiger partial charge in [-0.2, -0.15) is 0 Å². The largest absolute Gasteiger partial charge is 0.497 e. The molecule has 1 heterocycles. The van der Waals surface area contributed by atoms with Crippen molar-refractivity contribution < 1.29 is 24.2 Å². The molecule has 0 radical (unpaired) electrons. The predicted octanol–water partition coefficient (Wildman–Crippen LogP) is 1.49. The Balaban J connectivity index is 1.93. The molecule has 0 aliphatic carbocycles. The van der Waals surface area contributed by atoms with Crippen molar-refractivity contribution >= 4 is 23.6 Å². The highest BCUT2D eigenvalue weighted by molar-refractivity contribution is 8.00. The Labute approximate surface area is 133 Å². The van der Waals surface area contributed by atoms with E-state index in [-0.39, 0.29) is 30.7 Å². The molecule has 1 amide bonds. The highest BCUT2D eigenvalue weighted by atomic mass is 32.2. The summed E-state index contributed by atoms with van der Waals surface area (Å²) in [5, 5.41) is 8.92. The molecule has 1 aromatic rings. The Hall–Kier alpha value is -1.73. The molecule has 1 N–H and O–H groups in total. The van der Waals surface area contributed by atoms with E-state index in [1.807, 2.05) is 24.3 Å². The molecule has 7 heteroatoms. The molecule has 0 saturated carbocycles. The average molecular weight is 325 g/mol. The lowest BCUT2D eigenvalue weighted by molar-refractivity contribution is -0.144. The number of morpholine rings is 1. The smallest absolute Gasteiger partial charge is 0.305 e. The van der Waals surface area contributed by atoms with Crippen molar-refractivity contribution in [2.45, 2.75) is 17.4 Å². The first-order valence-corrected chi connectivity index (χ1v) is 7.94. The fourth-order valence-electron chi connectivity index (χ4n) is 2.27. The van der Waals surface area contributed by atoms with Gasteiger partial charge < -0.3 is 19.5 Å². The van der Waals surface area contributed by atoms with Gasteiger partial charge in [0.2, 0.25) is 5.91 Å². The number of carboxylic acids is 1. The number of methoxy groups -OCH3 is 1. The number of rotatable bonds is 6. The van der Waals surface area contributed by atoms with Crippen LogP contribution in [0.4, 0.5) is 0 Å². The molecule has 1 fully saturated rings. The maximum atomic E-state index is 12.3. The van der Waals surface area contributed by atoms with Gasteiger partial charge in [-0.1, -0.05) is 6.07 Å². The third kappa shape index (κ3) is 4.64. The number of thioether (sulfide) groups is 1.